The molecule has 3 aromatic rings. The number of nitrogens with zero attached hydrogens (tertiary/aromatic N) is 4. The van der Waals surface area contributed by atoms with Crippen molar-refractivity contribution < 1.29 is 4.79 Å². The number of carbonyl (C=O) groups excluding carboxylic acids is 1. The Kier molecular flexibility index (Phi) is 6.23. The summed E-state index contributed by atoms with van der Waals surface area (Å²) in [5.41, 5.74) is 1.47. The summed E-state index contributed by atoms with van der Waals surface area (Å²) in [6.07, 6.45) is 9.07. The summed E-state index contributed by atoms with van der Waals surface area (Å²) in [4.78, 5) is 34.0. The zero-order valence-corrected chi connectivity index (χ0v) is 18.8. The number of fused-ring (bicyclic) bond motifs is 1. The Hall–Kier alpha value is -2.71. The number of piperidine rings is 1. The minimum Gasteiger partial charge on any atom is -0.351 e. The predicted octanol–water partition coefficient (Wildman–Crippen LogP) is 4.30. The fraction of sp³-hybridized carbons (Fsp3) is 0.417. The molecule has 32 heavy (non-hydrogen) atoms. The highest BCUT2D eigenvalue weighted by molar-refractivity contribution is 7.97. The Morgan fingerprint density at radius 2 is 1.88 bits per heavy atom. The van der Waals surface area contributed by atoms with Crippen LogP contribution in [0.5, 0.6) is 0 Å². The van der Waals surface area contributed by atoms with Gasteiger partial charge in [0.15, 0.2) is 0 Å². The molecule has 3 heterocycles. The van der Waals surface area contributed by atoms with Crippen molar-refractivity contribution in [3.8, 4) is 0 Å². The number of benzene rings is 1. The molecule has 0 spiro atoms. The summed E-state index contributed by atoms with van der Waals surface area (Å²) in [5, 5.41) is 4.40. The molecule has 5 rings (SSSR count). The molecule has 0 unspecified atom stereocenters. The van der Waals surface area contributed by atoms with Crippen molar-refractivity contribution in [2.75, 3.05) is 18.4 Å². The Morgan fingerprint density at radius 3 is 2.66 bits per heavy atom. The van der Waals surface area contributed by atoms with Gasteiger partial charge in [0.2, 0.25) is 5.95 Å². The summed E-state index contributed by atoms with van der Waals surface area (Å²) in [7, 11) is 0. The standard InChI is InChI=1S/C24H27N5O2S/c30-16-17-4-3-7-21(14-17)32-28-12-10-19(11-13-28)26-24-25-15-18-8-9-22(31)29(23(18)27-24)20-5-1-2-6-20/h3-4,7-9,14-16,19-20H,1-2,5-6,10-13H2,(H,25,26,27). The molecule has 8 heteroatoms. The molecular formula is C24H27N5O2S. The lowest BCUT2D eigenvalue weighted by molar-refractivity contribution is 0.112. The molecule has 0 bridgehead atoms. The van der Waals surface area contributed by atoms with Crippen molar-refractivity contribution >= 4 is 35.2 Å². The minimum absolute atomic E-state index is 0.0260. The van der Waals surface area contributed by atoms with E-state index >= 15 is 0 Å². The molecule has 1 N–H and O–H groups in total. The lowest BCUT2D eigenvalue weighted by atomic mass is 10.1. The van der Waals surface area contributed by atoms with Crippen LogP contribution in [0.3, 0.4) is 0 Å². The summed E-state index contributed by atoms with van der Waals surface area (Å²) in [6, 6.07) is 11.7. The molecule has 1 aliphatic carbocycles. The number of aldehydes is 1. The van der Waals surface area contributed by atoms with Crippen LogP contribution in [-0.4, -0.2) is 44.3 Å². The van der Waals surface area contributed by atoms with Gasteiger partial charge in [0.1, 0.15) is 11.9 Å². The van der Waals surface area contributed by atoms with Gasteiger partial charge < -0.3 is 5.32 Å². The maximum absolute atomic E-state index is 12.6. The van der Waals surface area contributed by atoms with Crippen molar-refractivity contribution in [2.45, 2.75) is 55.5 Å². The highest BCUT2D eigenvalue weighted by Crippen LogP contribution is 2.31. The number of carbonyl (C=O) groups is 1. The van der Waals surface area contributed by atoms with Crippen molar-refractivity contribution in [2.24, 2.45) is 0 Å². The number of rotatable bonds is 6. The highest BCUT2D eigenvalue weighted by atomic mass is 32.2. The van der Waals surface area contributed by atoms with Gasteiger partial charge in [0, 0.05) is 53.3 Å². The molecule has 2 aliphatic rings. The first-order valence-corrected chi connectivity index (χ1v) is 12.1. The van der Waals surface area contributed by atoms with Gasteiger partial charge in [0.05, 0.1) is 0 Å². The molecule has 166 valence electrons. The van der Waals surface area contributed by atoms with Gasteiger partial charge in [0.25, 0.3) is 5.56 Å². The summed E-state index contributed by atoms with van der Waals surface area (Å²) in [6.45, 7) is 1.88. The molecule has 1 aliphatic heterocycles. The van der Waals surface area contributed by atoms with Gasteiger partial charge in [-0.1, -0.05) is 25.0 Å². The second kappa shape index (κ2) is 9.42. The van der Waals surface area contributed by atoms with E-state index in [0.29, 0.717) is 17.6 Å². The maximum Gasteiger partial charge on any atom is 0.252 e. The highest BCUT2D eigenvalue weighted by Gasteiger charge is 2.23. The SMILES string of the molecule is O=Cc1cccc(SN2CCC(Nc3ncc4ccc(=O)n(C5CCCC5)c4n3)CC2)c1. The zero-order chi connectivity index (χ0) is 21.9. The molecule has 7 nitrogen and oxygen atoms in total. The molecule has 0 radical (unpaired) electrons. The van der Waals surface area contributed by atoms with E-state index in [4.69, 9.17) is 4.98 Å². The number of pyridine rings is 1. The smallest absolute Gasteiger partial charge is 0.252 e. The first kappa shape index (κ1) is 21.2. The fourth-order valence-corrected chi connectivity index (χ4v) is 5.71. The van der Waals surface area contributed by atoms with Gasteiger partial charge in [-0.15, -0.1) is 0 Å². The lowest BCUT2D eigenvalue weighted by Gasteiger charge is -2.31. The fourth-order valence-electron chi connectivity index (χ4n) is 4.69. The van der Waals surface area contributed by atoms with Gasteiger partial charge in [-0.05, 0) is 55.8 Å². The van der Waals surface area contributed by atoms with E-state index in [2.05, 4.69) is 14.6 Å². The Labute approximate surface area is 191 Å². The number of hydrogen-bond donors (Lipinski definition) is 1. The normalized spacial score (nSPS) is 18.2. The number of hydrogen-bond acceptors (Lipinski definition) is 7. The van der Waals surface area contributed by atoms with Crippen LogP contribution in [0, 0.1) is 0 Å². The van der Waals surface area contributed by atoms with Crippen LogP contribution in [0.15, 0.2) is 52.3 Å². The first-order chi connectivity index (χ1) is 15.7. The van der Waals surface area contributed by atoms with Crippen LogP contribution in [0.4, 0.5) is 5.95 Å². The lowest BCUT2D eigenvalue weighted by Crippen LogP contribution is -2.36. The van der Waals surface area contributed by atoms with Crippen molar-refractivity contribution in [3.63, 3.8) is 0 Å². The van der Waals surface area contributed by atoms with E-state index in [1.807, 2.05) is 41.1 Å². The molecule has 0 atom stereocenters. The number of aromatic nitrogens is 3. The van der Waals surface area contributed by atoms with Crippen molar-refractivity contribution in [3.05, 3.63) is 58.5 Å². The quantitative estimate of drug-likeness (QED) is 0.444. The minimum atomic E-state index is 0.0260. The molecule has 1 saturated heterocycles. The van der Waals surface area contributed by atoms with Gasteiger partial charge in [-0.2, -0.15) is 4.98 Å². The van der Waals surface area contributed by atoms with Gasteiger partial charge in [-0.25, -0.2) is 9.29 Å². The number of anilines is 1. The van der Waals surface area contributed by atoms with Crippen LogP contribution in [0.2, 0.25) is 0 Å². The summed E-state index contributed by atoms with van der Waals surface area (Å²) in [5.74, 6) is 0.597. The van der Waals surface area contributed by atoms with E-state index in [-0.39, 0.29) is 11.6 Å². The largest absolute Gasteiger partial charge is 0.351 e. The van der Waals surface area contributed by atoms with Crippen LogP contribution in [0.25, 0.3) is 11.0 Å². The molecule has 1 saturated carbocycles. The average Bonchev–Trinajstić information content (AvgIpc) is 3.35. The second-order valence-electron chi connectivity index (χ2n) is 8.58. The topological polar surface area (TPSA) is 80.1 Å². The van der Waals surface area contributed by atoms with Gasteiger partial charge in [-0.3, -0.25) is 14.2 Å². The Bertz CT molecular complexity index is 1170. The van der Waals surface area contributed by atoms with E-state index in [9.17, 15) is 9.59 Å². The third-order valence-corrected chi connectivity index (χ3v) is 7.46. The van der Waals surface area contributed by atoms with Crippen LogP contribution in [0.1, 0.15) is 54.9 Å². The molecule has 2 fully saturated rings. The third-order valence-electron chi connectivity index (χ3n) is 6.37. The second-order valence-corrected chi connectivity index (χ2v) is 9.75. The summed E-state index contributed by atoms with van der Waals surface area (Å²) < 4.78 is 4.21. The van der Waals surface area contributed by atoms with E-state index in [1.54, 1.807) is 18.0 Å². The zero-order valence-electron chi connectivity index (χ0n) is 17.9. The molecule has 2 aromatic heterocycles. The van der Waals surface area contributed by atoms with Crippen molar-refractivity contribution in [1.82, 2.24) is 18.8 Å². The first-order valence-electron chi connectivity index (χ1n) is 11.3. The molecular weight excluding hydrogens is 422 g/mol. The van der Waals surface area contributed by atoms with E-state index in [1.165, 1.54) is 12.8 Å². The van der Waals surface area contributed by atoms with Crippen LogP contribution >= 0.6 is 11.9 Å². The van der Waals surface area contributed by atoms with Crippen LogP contribution in [-0.2, 0) is 0 Å². The number of nitrogens with one attached hydrogen (secondary N) is 1. The average molecular weight is 450 g/mol. The van der Waals surface area contributed by atoms with Crippen LogP contribution < -0.4 is 10.9 Å². The van der Waals surface area contributed by atoms with E-state index < -0.39 is 0 Å². The van der Waals surface area contributed by atoms with Gasteiger partial charge >= 0.3 is 0 Å². The summed E-state index contributed by atoms with van der Waals surface area (Å²) >= 11 is 1.70. The monoisotopic (exact) mass is 449 g/mol. The molecule has 1 aromatic carbocycles. The predicted molar refractivity (Wildman–Crippen MR) is 127 cm³/mol. The van der Waals surface area contributed by atoms with Crippen molar-refractivity contribution in [1.29, 1.82) is 0 Å². The third kappa shape index (κ3) is 4.56. The Balaban J connectivity index is 1.26. The molecule has 0 amide bonds. The Morgan fingerprint density at radius 1 is 1.06 bits per heavy atom. The van der Waals surface area contributed by atoms with E-state index in [0.717, 1.165) is 61.0 Å². The maximum atomic E-state index is 12.6.